The summed E-state index contributed by atoms with van der Waals surface area (Å²) >= 11 is 0. The minimum absolute atomic E-state index is 0.687. The van der Waals surface area contributed by atoms with E-state index in [0.29, 0.717) is 6.04 Å². The maximum Gasteiger partial charge on any atom is 0.0113 e. The Hall–Kier alpha value is -0.120. The highest BCUT2D eigenvalue weighted by Gasteiger charge is 2.37. The van der Waals surface area contributed by atoms with Gasteiger partial charge in [-0.1, -0.05) is 13.8 Å². The predicted molar refractivity (Wildman–Crippen MR) is 108 cm³/mol. The molecule has 3 nitrogen and oxygen atoms in total. The lowest BCUT2D eigenvalue weighted by molar-refractivity contribution is 0.000480. The third-order valence-electron chi connectivity index (χ3n) is 7.50. The maximum atomic E-state index is 2.79. The molecule has 0 amide bonds. The second-order valence-electron chi connectivity index (χ2n) is 10.0. The molecule has 1 saturated carbocycles. The van der Waals surface area contributed by atoms with Gasteiger partial charge >= 0.3 is 0 Å². The summed E-state index contributed by atoms with van der Waals surface area (Å²) in [5.74, 6) is 2.79. The lowest BCUT2D eigenvalue weighted by atomic mass is 9.73. The van der Waals surface area contributed by atoms with Crippen LogP contribution in [0.15, 0.2) is 0 Å². The zero-order chi connectivity index (χ0) is 18.1. The van der Waals surface area contributed by atoms with Crippen molar-refractivity contribution in [3.8, 4) is 0 Å². The van der Waals surface area contributed by atoms with Crippen LogP contribution in [0.4, 0.5) is 0 Å². The molecule has 1 unspecified atom stereocenters. The smallest absolute Gasteiger partial charge is 0.0113 e. The van der Waals surface area contributed by atoms with Crippen molar-refractivity contribution in [1.29, 1.82) is 0 Å². The highest BCUT2D eigenvalue weighted by molar-refractivity contribution is 4.92. The van der Waals surface area contributed by atoms with Crippen LogP contribution in [-0.4, -0.2) is 71.6 Å². The lowest BCUT2D eigenvalue weighted by Crippen LogP contribution is -2.56. The van der Waals surface area contributed by atoms with Gasteiger partial charge in [0.25, 0.3) is 0 Å². The summed E-state index contributed by atoms with van der Waals surface area (Å²) in [4.78, 5) is 8.29. The summed E-state index contributed by atoms with van der Waals surface area (Å²) in [5, 5.41) is 0. The van der Waals surface area contributed by atoms with Gasteiger partial charge in [0.05, 0.1) is 0 Å². The van der Waals surface area contributed by atoms with Crippen molar-refractivity contribution in [1.82, 2.24) is 14.7 Å². The number of likely N-dealkylation sites (tertiary alicyclic amines) is 1. The quantitative estimate of drug-likeness (QED) is 0.744. The third kappa shape index (κ3) is 4.59. The van der Waals surface area contributed by atoms with Crippen molar-refractivity contribution in [3.05, 3.63) is 0 Å². The van der Waals surface area contributed by atoms with Gasteiger partial charge in [-0.3, -0.25) is 9.80 Å². The molecular weight excluding hydrogens is 306 g/mol. The Balaban J connectivity index is 1.40. The molecule has 0 bridgehead atoms. The predicted octanol–water partition coefficient (Wildman–Crippen LogP) is 3.94. The average molecular weight is 350 g/mol. The second-order valence-corrected chi connectivity index (χ2v) is 10.0. The molecule has 0 spiro atoms. The molecule has 0 radical (unpaired) electrons. The van der Waals surface area contributed by atoms with E-state index in [-0.39, 0.29) is 0 Å². The molecule has 3 aliphatic rings. The van der Waals surface area contributed by atoms with Gasteiger partial charge in [-0.15, -0.1) is 0 Å². The van der Waals surface area contributed by atoms with Crippen molar-refractivity contribution < 1.29 is 0 Å². The lowest BCUT2D eigenvalue weighted by Gasteiger charge is -2.49. The molecule has 25 heavy (non-hydrogen) atoms. The van der Waals surface area contributed by atoms with Gasteiger partial charge in [0, 0.05) is 56.9 Å². The highest BCUT2D eigenvalue weighted by Crippen LogP contribution is 2.37. The molecule has 1 aliphatic carbocycles. The van der Waals surface area contributed by atoms with Crippen molar-refractivity contribution in [3.63, 3.8) is 0 Å². The molecule has 2 heterocycles. The molecule has 146 valence electrons. The first-order valence-corrected chi connectivity index (χ1v) is 11.1. The van der Waals surface area contributed by atoms with Gasteiger partial charge in [-0.05, 0) is 71.1 Å². The topological polar surface area (TPSA) is 9.72 Å². The fraction of sp³-hybridized carbons (Fsp3) is 1.00. The molecule has 0 aromatic heterocycles. The minimum atomic E-state index is 0.687. The van der Waals surface area contributed by atoms with E-state index in [1.54, 1.807) is 0 Å². The van der Waals surface area contributed by atoms with Crippen LogP contribution >= 0.6 is 0 Å². The molecular formula is C22H43N3. The normalized spacial score (nSPS) is 39.1. The van der Waals surface area contributed by atoms with E-state index in [4.69, 9.17) is 0 Å². The van der Waals surface area contributed by atoms with Crippen molar-refractivity contribution in [2.45, 2.75) is 91.4 Å². The first kappa shape index (κ1) is 19.6. The Kier molecular flexibility index (Phi) is 6.50. The number of piperidine rings is 1. The number of hydrogen-bond donors (Lipinski definition) is 0. The number of hydrogen-bond acceptors (Lipinski definition) is 3. The minimum Gasteiger partial charge on any atom is -0.301 e. The first-order valence-electron chi connectivity index (χ1n) is 11.1. The van der Waals surface area contributed by atoms with Crippen LogP contribution in [0, 0.1) is 17.8 Å². The maximum absolute atomic E-state index is 2.79. The van der Waals surface area contributed by atoms with Gasteiger partial charge in [0.15, 0.2) is 0 Å². The van der Waals surface area contributed by atoms with E-state index in [1.165, 1.54) is 58.4 Å². The van der Waals surface area contributed by atoms with E-state index < -0.39 is 0 Å². The van der Waals surface area contributed by atoms with Crippen LogP contribution in [0.5, 0.6) is 0 Å². The summed E-state index contributed by atoms with van der Waals surface area (Å²) in [6.45, 7) is 21.0. The highest BCUT2D eigenvalue weighted by atomic mass is 15.3. The molecule has 3 heteroatoms. The number of piperazine rings is 1. The Morgan fingerprint density at radius 2 is 1.36 bits per heavy atom. The molecule has 0 N–H and O–H groups in total. The molecule has 3 atom stereocenters. The Labute approximate surface area is 157 Å². The zero-order valence-electron chi connectivity index (χ0n) is 17.7. The van der Waals surface area contributed by atoms with Crippen LogP contribution < -0.4 is 0 Å². The van der Waals surface area contributed by atoms with Gasteiger partial charge in [0.1, 0.15) is 0 Å². The zero-order valence-corrected chi connectivity index (χ0v) is 17.7. The van der Waals surface area contributed by atoms with Gasteiger partial charge < -0.3 is 4.90 Å². The van der Waals surface area contributed by atoms with Crippen LogP contribution in [0.3, 0.4) is 0 Å². The molecule has 2 aliphatic heterocycles. The van der Waals surface area contributed by atoms with Crippen LogP contribution in [0.1, 0.15) is 67.2 Å². The third-order valence-corrected chi connectivity index (χ3v) is 7.50. The van der Waals surface area contributed by atoms with Crippen molar-refractivity contribution in [2.75, 3.05) is 32.7 Å². The SMILES string of the molecule is CC(C)C1CC(N2CCN(CC3C[C@@H](C)N(C(C)C)[C@@H](C)C3)CC2)C1. The van der Waals surface area contributed by atoms with Crippen LogP contribution in [0.25, 0.3) is 0 Å². The summed E-state index contributed by atoms with van der Waals surface area (Å²) in [6, 6.07) is 3.09. The van der Waals surface area contributed by atoms with Gasteiger partial charge in [-0.2, -0.15) is 0 Å². The molecule has 3 fully saturated rings. The Morgan fingerprint density at radius 3 is 1.84 bits per heavy atom. The summed E-state index contributed by atoms with van der Waals surface area (Å²) in [7, 11) is 0. The fourth-order valence-electron chi connectivity index (χ4n) is 6.05. The monoisotopic (exact) mass is 349 g/mol. The Morgan fingerprint density at radius 1 is 0.800 bits per heavy atom. The molecule has 0 aromatic rings. The fourth-order valence-corrected chi connectivity index (χ4v) is 6.05. The molecule has 2 saturated heterocycles. The number of rotatable bonds is 5. The van der Waals surface area contributed by atoms with E-state index in [1.807, 2.05) is 0 Å². The van der Waals surface area contributed by atoms with E-state index in [0.717, 1.165) is 35.9 Å². The van der Waals surface area contributed by atoms with Crippen molar-refractivity contribution in [2.24, 2.45) is 17.8 Å². The number of nitrogens with zero attached hydrogens (tertiary/aromatic N) is 3. The standard InChI is InChI=1S/C22H43N3/c1-16(2)21-13-22(14-21)24-9-7-23(8-10-24)15-20-11-18(5)25(17(3)4)19(6)12-20/h16-22H,7-15H2,1-6H3/t18-,19+,20?,21?,22?. The van der Waals surface area contributed by atoms with E-state index in [2.05, 4.69) is 56.2 Å². The van der Waals surface area contributed by atoms with Crippen LogP contribution in [-0.2, 0) is 0 Å². The summed E-state index contributed by atoms with van der Waals surface area (Å²) in [6.07, 6.45) is 5.70. The summed E-state index contributed by atoms with van der Waals surface area (Å²) in [5.41, 5.74) is 0. The van der Waals surface area contributed by atoms with Gasteiger partial charge in [0.2, 0.25) is 0 Å². The molecule has 3 rings (SSSR count). The van der Waals surface area contributed by atoms with E-state index >= 15 is 0 Å². The second kappa shape index (κ2) is 8.27. The van der Waals surface area contributed by atoms with E-state index in [9.17, 15) is 0 Å². The first-order chi connectivity index (χ1) is 11.8. The molecule has 0 aromatic carbocycles. The van der Waals surface area contributed by atoms with Gasteiger partial charge in [-0.25, -0.2) is 0 Å². The van der Waals surface area contributed by atoms with Crippen molar-refractivity contribution >= 4 is 0 Å². The van der Waals surface area contributed by atoms with Crippen LogP contribution in [0.2, 0.25) is 0 Å². The largest absolute Gasteiger partial charge is 0.301 e. The Bertz CT molecular complexity index is 395. The average Bonchev–Trinajstić information content (AvgIpc) is 2.46. The summed E-state index contributed by atoms with van der Waals surface area (Å²) < 4.78 is 0.